The fraction of sp³-hybridized carbons (Fsp3) is 0.579. The topological polar surface area (TPSA) is 104 Å². The zero-order chi connectivity index (χ0) is 19.4. The molecule has 0 spiro atoms. The Morgan fingerprint density at radius 1 is 1.11 bits per heavy atom. The summed E-state index contributed by atoms with van der Waals surface area (Å²) in [7, 11) is -3.97. The summed E-state index contributed by atoms with van der Waals surface area (Å²) in [5.41, 5.74) is -0.456. The Morgan fingerprint density at radius 2 is 1.67 bits per heavy atom. The van der Waals surface area contributed by atoms with E-state index < -0.39 is 16.0 Å². The Bertz CT molecular complexity index is 875. The minimum Gasteiger partial charge on any atom is -0.454 e. The first kappa shape index (κ1) is 18.9. The van der Waals surface area contributed by atoms with E-state index in [0.29, 0.717) is 17.8 Å². The Morgan fingerprint density at radius 3 is 2.19 bits per heavy atom. The highest BCUT2D eigenvalue weighted by Crippen LogP contribution is 2.60. The minimum absolute atomic E-state index is 0.0197. The van der Waals surface area contributed by atoms with Gasteiger partial charge >= 0.3 is 5.97 Å². The van der Waals surface area contributed by atoms with Gasteiger partial charge in [0.15, 0.2) is 12.4 Å². The summed E-state index contributed by atoms with van der Waals surface area (Å²) in [6.45, 7) is -0.305. The molecule has 1 aromatic carbocycles. The SMILES string of the molecule is NS(=O)(=O)c1ccc(Cl)c(C(=O)OCC(=O)C23CC4CC(CC(C4)C2)C3)c1. The van der Waals surface area contributed by atoms with Crippen molar-refractivity contribution >= 4 is 33.4 Å². The summed E-state index contributed by atoms with van der Waals surface area (Å²) in [5.74, 6) is 1.03. The van der Waals surface area contributed by atoms with Crippen LogP contribution in [0.15, 0.2) is 23.1 Å². The molecule has 4 aliphatic carbocycles. The van der Waals surface area contributed by atoms with Crippen LogP contribution in [0.25, 0.3) is 0 Å². The van der Waals surface area contributed by atoms with E-state index in [-0.39, 0.29) is 33.3 Å². The summed E-state index contributed by atoms with van der Waals surface area (Å²) >= 11 is 5.99. The fourth-order valence-electron chi connectivity index (χ4n) is 5.65. The lowest BCUT2D eigenvalue weighted by atomic mass is 9.48. The van der Waals surface area contributed by atoms with Crippen molar-refractivity contribution in [3.63, 3.8) is 0 Å². The number of halogens is 1. The van der Waals surface area contributed by atoms with Crippen molar-refractivity contribution in [1.82, 2.24) is 0 Å². The second-order valence-electron chi connectivity index (χ2n) is 8.38. The van der Waals surface area contributed by atoms with Crippen LogP contribution in [0.1, 0.15) is 48.9 Å². The Hall–Kier alpha value is -1.44. The molecule has 5 rings (SSSR count). The average molecular weight is 412 g/mol. The maximum absolute atomic E-state index is 12.9. The number of hydrogen-bond donors (Lipinski definition) is 1. The molecule has 0 amide bonds. The largest absolute Gasteiger partial charge is 0.454 e. The maximum Gasteiger partial charge on any atom is 0.340 e. The highest BCUT2D eigenvalue weighted by atomic mass is 35.5. The van der Waals surface area contributed by atoms with E-state index in [1.807, 2.05) is 0 Å². The first-order valence-electron chi connectivity index (χ1n) is 9.19. The Balaban J connectivity index is 1.46. The predicted molar refractivity (Wildman–Crippen MR) is 98.7 cm³/mol. The smallest absolute Gasteiger partial charge is 0.340 e. The van der Waals surface area contributed by atoms with E-state index in [4.69, 9.17) is 21.5 Å². The van der Waals surface area contributed by atoms with Gasteiger partial charge in [0.05, 0.1) is 15.5 Å². The molecule has 27 heavy (non-hydrogen) atoms. The molecule has 4 aliphatic rings. The van der Waals surface area contributed by atoms with Crippen LogP contribution in [-0.4, -0.2) is 26.8 Å². The lowest BCUT2D eigenvalue weighted by Crippen LogP contribution is -2.51. The number of esters is 1. The van der Waals surface area contributed by atoms with Crippen molar-refractivity contribution in [1.29, 1.82) is 0 Å². The Labute approximate surface area is 163 Å². The van der Waals surface area contributed by atoms with Crippen molar-refractivity contribution in [3.05, 3.63) is 28.8 Å². The molecule has 0 aliphatic heterocycles. The molecule has 2 N–H and O–H groups in total. The van der Waals surface area contributed by atoms with Gasteiger partial charge in [0.1, 0.15) is 0 Å². The number of sulfonamides is 1. The summed E-state index contributed by atoms with van der Waals surface area (Å²) in [5, 5.41) is 5.14. The Kier molecular flexibility index (Phi) is 4.60. The third-order valence-electron chi connectivity index (χ3n) is 6.45. The lowest BCUT2D eigenvalue weighted by Gasteiger charge is -2.55. The number of carbonyl (C=O) groups excluding carboxylic acids is 2. The molecular weight excluding hydrogens is 390 g/mol. The average Bonchev–Trinajstić information content (AvgIpc) is 2.57. The number of carbonyl (C=O) groups is 2. The second-order valence-corrected chi connectivity index (χ2v) is 10.4. The van der Waals surface area contributed by atoms with E-state index in [2.05, 4.69) is 0 Å². The zero-order valence-electron chi connectivity index (χ0n) is 14.8. The van der Waals surface area contributed by atoms with Gasteiger partial charge in [-0.25, -0.2) is 18.4 Å². The molecule has 0 radical (unpaired) electrons. The molecule has 4 fully saturated rings. The highest BCUT2D eigenvalue weighted by molar-refractivity contribution is 7.89. The van der Waals surface area contributed by atoms with Gasteiger partial charge in [-0.15, -0.1) is 0 Å². The van der Waals surface area contributed by atoms with Gasteiger partial charge in [0, 0.05) is 5.41 Å². The van der Waals surface area contributed by atoms with Gasteiger partial charge in [-0.2, -0.15) is 0 Å². The molecule has 4 bridgehead atoms. The third-order valence-corrected chi connectivity index (χ3v) is 7.69. The molecule has 0 atom stereocenters. The van der Waals surface area contributed by atoms with Crippen LogP contribution in [0, 0.1) is 23.2 Å². The van der Waals surface area contributed by atoms with E-state index in [0.717, 1.165) is 25.3 Å². The van der Waals surface area contributed by atoms with Crippen molar-refractivity contribution in [3.8, 4) is 0 Å². The number of ketones is 1. The lowest BCUT2D eigenvalue weighted by molar-refractivity contribution is -0.147. The van der Waals surface area contributed by atoms with Gasteiger partial charge in [-0.1, -0.05) is 11.6 Å². The normalized spacial score (nSPS) is 31.7. The zero-order valence-corrected chi connectivity index (χ0v) is 16.4. The van der Waals surface area contributed by atoms with Crippen molar-refractivity contribution in [2.45, 2.75) is 43.4 Å². The molecule has 0 aromatic heterocycles. The summed E-state index contributed by atoms with van der Waals surface area (Å²) < 4.78 is 28.2. The van der Waals surface area contributed by atoms with Crippen LogP contribution in [0.3, 0.4) is 0 Å². The molecule has 1 aromatic rings. The van der Waals surface area contributed by atoms with E-state index in [1.165, 1.54) is 31.4 Å². The van der Waals surface area contributed by atoms with Gasteiger partial charge in [0.25, 0.3) is 0 Å². The third kappa shape index (κ3) is 3.52. The quantitative estimate of drug-likeness (QED) is 0.750. The van der Waals surface area contributed by atoms with Crippen molar-refractivity contribution in [2.75, 3.05) is 6.61 Å². The van der Waals surface area contributed by atoms with Gasteiger partial charge < -0.3 is 4.74 Å². The van der Waals surface area contributed by atoms with Gasteiger partial charge in [0.2, 0.25) is 10.0 Å². The molecule has 146 valence electrons. The number of nitrogens with two attached hydrogens (primary N) is 1. The second kappa shape index (κ2) is 6.57. The monoisotopic (exact) mass is 411 g/mol. The number of primary sulfonamides is 1. The first-order chi connectivity index (χ1) is 12.7. The minimum atomic E-state index is -3.97. The molecule has 0 saturated heterocycles. The number of Topliss-reactive ketones (excluding diaryl/α,β-unsaturated/α-hetero) is 1. The summed E-state index contributed by atoms with van der Waals surface area (Å²) in [4.78, 5) is 25.1. The summed E-state index contributed by atoms with van der Waals surface area (Å²) in [6, 6.07) is 3.57. The van der Waals surface area contributed by atoms with Crippen LogP contribution in [0.2, 0.25) is 5.02 Å². The van der Waals surface area contributed by atoms with Crippen LogP contribution in [-0.2, 0) is 19.6 Å². The molecule has 6 nitrogen and oxygen atoms in total. The summed E-state index contributed by atoms with van der Waals surface area (Å²) in [6.07, 6.45) is 6.37. The molecule has 0 heterocycles. The van der Waals surface area contributed by atoms with E-state index in [1.54, 1.807) is 0 Å². The van der Waals surface area contributed by atoms with E-state index in [9.17, 15) is 18.0 Å². The number of rotatable bonds is 5. The standard InChI is InChI=1S/C19H22ClNO5S/c20-16-2-1-14(27(21,24)25)6-15(16)18(23)26-10-17(22)19-7-11-3-12(8-19)5-13(4-11)9-19/h1-2,6,11-13H,3-5,7-10H2,(H2,21,24,25). The maximum atomic E-state index is 12.9. The van der Waals surface area contributed by atoms with Crippen molar-refractivity contribution < 1.29 is 22.7 Å². The molecular formula is C19H22ClNO5S. The van der Waals surface area contributed by atoms with Crippen LogP contribution in [0.4, 0.5) is 0 Å². The van der Waals surface area contributed by atoms with E-state index >= 15 is 0 Å². The van der Waals surface area contributed by atoms with Gasteiger partial charge in [-0.05, 0) is 74.5 Å². The fourth-order valence-corrected chi connectivity index (χ4v) is 6.39. The van der Waals surface area contributed by atoms with Crippen LogP contribution < -0.4 is 5.14 Å². The molecule has 4 saturated carbocycles. The first-order valence-corrected chi connectivity index (χ1v) is 11.1. The predicted octanol–water partition coefficient (Wildman–Crippen LogP) is 2.93. The van der Waals surface area contributed by atoms with Crippen LogP contribution in [0.5, 0.6) is 0 Å². The number of benzene rings is 1. The number of ether oxygens (including phenoxy) is 1. The molecule has 8 heteroatoms. The highest BCUT2D eigenvalue weighted by Gasteiger charge is 2.54. The van der Waals surface area contributed by atoms with Crippen LogP contribution >= 0.6 is 11.6 Å². The van der Waals surface area contributed by atoms with Gasteiger partial charge in [-0.3, -0.25) is 4.79 Å². The van der Waals surface area contributed by atoms with Crippen molar-refractivity contribution in [2.24, 2.45) is 28.3 Å². The molecule has 0 unspecified atom stereocenters. The number of hydrogen-bond acceptors (Lipinski definition) is 5.